The van der Waals surface area contributed by atoms with Gasteiger partial charge >= 0.3 is 12.3 Å². The Morgan fingerprint density at radius 1 is 1.07 bits per heavy atom. The minimum absolute atomic E-state index is 0.00108. The highest BCUT2D eigenvalue weighted by atomic mass is 19.4. The van der Waals surface area contributed by atoms with Gasteiger partial charge in [-0.2, -0.15) is 13.2 Å². The average molecular weight is 771 g/mol. The van der Waals surface area contributed by atoms with Crippen LogP contribution in [0.3, 0.4) is 0 Å². The molecule has 0 radical (unpaired) electrons. The van der Waals surface area contributed by atoms with Gasteiger partial charge in [-0.1, -0.05) is 30.0 Å². The smallest absolute Gasteiger partial charge is 0.417 e. The van der Waals surface area contributed by atoms with Crippen LogP contribution < -0.4 is 11.1 Å². The summed E-state index contributed by atoms with van der Waals surface area (Å²) in [6, 6.07) is 12.8. The molecule has 2 aliphatic heterocycles. The molecule has 0 aliphatic carbocycles. The van der Waals surface area contributed by atoms with Crippen molar-refractivity contribution in [1.82, 2.24) is 29.2 Å². The number of halogens is 3. The molecule has 56 heavy (non-hydrogen) atoms. The zero-order valence-electron chi connectivity index (χ0n) is 32.3. The fourth-order valence-electron chi connectivity index (χ4n) is 6.96. The van der Waals surface area contributed by atoms with Crippen LogP contribution in [0.4, 0.5) is 29.6 Å². The quantitative estimate of drug-likeness (QED) is 0.226. The molecule has 1 saturated heterocycles. The Morgan fingerprint density at radius 3 is 2.54 bits per heavy atom. The number of nitrogens with two attached hydrogens (primary N) is 1. The van der Waals surface area contributed by atoms with Gasteiger partial charge in [0.1, 0.15) is 11.3 Å². The number of carbonyl (C=O) groups is 3. The Hall–Kier alpha value is -5.72. The van der Waals surface area contributed by atoms with E-state index in [1.807, 2.05) is 23.6 Å². The molecule has 0 bridgehead atoms. The second kappa shape index (κ2) is 15.8. The van der Waals surface area contributed by atoms with E-state index in [1.165, 1.54) is 18.3 Å². The third-order valence-corrected chi connectivity index (χ3v) is 9.77. The highest BCUT2D eigenvalue weighted by Gasteiger charge is 2.36. The van der Waals surface area contributed by atoms with Gasteiger partial charge in [0, 0.05) is 68.8 Å². The first-order chi connectivity index (χ1) is 26.4. The number of likely N-dealkylation sites (N-methyl/N-ethyl adjacent to an activating group) is 1. The second-order valence-corrected chi connectivity index (χ2v) is 15.3. The van der Waals surface area contributed by atoms with Gasteiger partial charge in [0.25, 0.3) is 5.91 Å². The largest absolute Gasteiger partial charge is 0.443 e. The monoisotopic (exact) mass is 770 g/mol. The van der Waals surface area contributed by atoms with Crippen molar-refractivity contribution in [1.29, 1.82) is 0 Å². The number of aromatic nitrogens is 3. The van der Waals surface area contributed by atoms with E-state index in [2.05, 4.69) is 32.0 Å². The zero-order chi connectivity index (χ0) is 40.5. The number of nitrogen functional groups attached to an aromatic ring is 1. The lowest BCUT2D eigenvalue weighted by Crippen LogP contribution is -2.44. The topological polar surface area (TPSA) is 139 Å². The number of ether oxygens (including phenoxy) is 1. The Morgan fingerprint density at radius 2 is 1.84 bits per heavy atom. The Bertz CT molecular complexity index is 2230. The first-order valence-corrected chi connectivity index (χ1v) is 18.2. The summed E-state index contributed by atoms with van der Waals surface area (Å²) >= 11 is 0. The van der Waals surface area contributed by atoms with Crippen LogP contribution in [0.15, 0.2) is 54.7 Å². The molecule has 3 N–H and O–H groups in total. The van der Waals surface area contributed by atoms with Crippen LogP contribution in [0.2, 0.25) is 0 Å². The van der Waals surface area contributed by atoms with Gasteiger partial charge in [-0.3, -0.25) is 14.5 Å². The predicted molar refractivity (Wildman–Crippen MR) is 205 cm³/mol. The highest BCUT2D eigenvalue weighted by Crippen LogP contribution is 2.35. The fraction of sp³-hybridized carbons (Fsp3) is 0.390. The summed E-state index contributed by atoms with van der Waals surface area (Å²) in [4.78, 5) is 53.0. The standard InChI is InChI=1S/C41H45F3N8O4/c1-40(2,3)56-39(55)52-17-15-33-31(37(52)54)21-34(50(33)6)36-27(22-46-38(45)48-36)11-10-25-8-7-9-26(18-25)19-35(53)47-29-13-12-28(32(20-29)41(42,43)44)23-51-16-14-30(24-51)49(4)5/h7-9,12-13,18,20-22,30H,14-17,19,23-24H2,1-6H3,(H,47,53)(H2,45,46,48)/t30-/m1/s1. The van der Waals surface area contributed by atoms with E-state index in [9.17, 15) is 27.6 Å². The maximum atomic E-state index is 14.1. The lowest BCUT2D eigenvalue weighted by molar-refractivity contribution is -0.138. The van der Waals surface area contributed by atoms with Crippen molar-refractivity contribution >= 4 is 29.5 Å². The van der Waals surface area contributed by atoms with E-state index in [0.29, 0.717) is 59.2 Å². The maximum Gasteiger partial charge on any atom is 0.417 e. The molecule has 2 aliphatic rings. The van der Waals surface area contributed by atoms with Gasteiger partial charge in [0.2, 0.25) is 11.9 Å². The van der Waals surface area contributed by atoms with Crippen molar-refractivity contribution in [3.05, 3.63) is 93.8 Å². The van der Waals surface area contributed by atoms with Gasteiger partial charge < -0.3 is 25.3 Å². The van der Waals surface area contributed by atoms with Gasteiger partial charge in [-0.25, -0.2) is 19.7 Å². The highest BCUT2D eigenvalue weighted by molar-refractivity contribution is 6.05. The number of benzene rings is 2. The number of carbonyl (C=O) groups excluding carboxylic acids is 3. The number of alkyl halides is 3. The first-order valence-electron chi connectivity index (χ1n) is 18.2. The summed E-state index contributed by atoms with van der Waals surface area (Å²) in [5.74, 6) is 5.20. The molecule has 12 nitrogen and oxygen atoms in total. The number of nitrogens with one attached hydrogen (secondary N) is 1. The Balaban J connectivity index is 1.17. The molecule has 3 amide bonds. The number of fused-ring (bicyclic) bond motifs is 1. The van der Waals surface area contributed by atoms with Crippen molar-refractivity contribution in [2.45, 2.75) is 64.4 Å². The normalized spacial score (nSPS) is 16.1. The van der Waals surface area contributed by atoms with Crippen LogP contribution in [-0.4, -0.2) is 92.5 Å². The summed E-state index contributed by atoms with van der Waals surface area (Å²) in [6.45, 7) is 6.93. The predicted octanol–water partition coefficient (Wildman–Crippen LogP) is 5.73. The van der Waals surface area contributed by atoms with Gasteiger partial charge in [-0.15, -0.1) is 0 Å². The summed E-state index contributed by atoms with van der Waals surface area (Å²) in [5, 5.41) is 2.62. The molecule has 6 rings (SSSR count). The van der Waals surface area contributed by atoms with Crippen LogP contribution in [0, 0.1) is 11.8 Å². The van der Waals surface area contributed by atoms with Crippen LogP contribution >= 0.6 is 0 Å². The minimum Gasteiger partial charge on any atom is -0.443 e. The van der Waals surface area contributed by atoms with Crippen molar-refractivity contribution < 1.29 is 32.3 Å². The number of nitrogens with zero attached hydrogens (tertiary/aromatic N) is 6. The fourth-order valence-corrected chi connectivity index (χ4v) is 6.96. The molecule has 1 fully saturated rings. The van der Waals surface area contributed by atoms with E-state index < -0.39 is 35.2 Å². The van der Waals surface area contributed by atoms with Crippen LogP contribution in [0.1, 0.15) is 71.1 Å². The molecular weight excluding hydrogens is 725 g/mol. The molecule has 4 heterocycles. The van der Waals surface area contributed by atoms with E-state index in [-0.39, 0.29) is 36.7 Å². The van der Waals surface area contributed by atoms with Crippen molar-refractivity contribution in [3.63, 3.8) is 0 Å². The summed E-state index contributed by atoms with van der Waals surface area (Å²) in [6.07, 6.45) is -2.62. The molecule has 2 aromatic heterocycles. The van der Waals surface area contributed by atoms with Crippen molar-refractivity contribution in [2.75, 3.05) is 44.8 Å². The molecular formula is C41H45F3N8O4. The Labute approximate surface area is 323 Å². The molecule has 1 atom stereocenters. The number of likely N-dealkylation sites (tertiary alicyclic amines) is 1. The van der Waals surface area contributed by atoms with Gasteiger partial charge in [0.05, 0.1) is 28.8 Å². The van der Waals surface area contributed by atoms with Gasteiger partial charge in [0.15, 0.2) is 0 Å². The number of imide groups is 1. The van der Waals surface area contributed by atoms with E-state index in [4.69, 9.17) is 10.5 Å². The van der Waals surface area contributed by atoms with E-state index in [0.717, 1.165) is 23.1 Å². The van der Waals surface area contributed by atoms with E-state index >= 15 is 0 Å². The van der Waals surface area contributed by atoms with Crippen LogP contribution in [-0.2, 0) is 42.1 Å². The molecule has 0 saturated carbocycles. The Kier molecular flexibility index (Phi) is 11.3. The summed E-state index contributed by atoms with van der Waals surface area (Å²) in [7, 11) is 5.73. The lowest BCUT2D eigenvalue weighted by Gasteiger charge is -2.28. The van der Waals surface area contributed by atoms with Crippen LogP contribution in [0.25, 0.3) is 11.4 Å². The van der Waals surface area contributed by atoms with Gasteiger partial charge in [-0.05, 0) is 82.7 Å². The molecule has 2 aromatic carbocycles. The molecule has 0 unspecified atom stereocenters. The zero-order valence-corrected chi connectivity index (χ0v) is 32.3. The molecule has 294 valence electrons. The minimum atomic E-state index is -4.58. The number of hydrogen-bond acceptors (Lipinski definition) is 9. The lowest BCUT2D eigenvalue weighted by atomic mass is 10.0. The third-order valence-electron chi connectivity index (χ3n) is 9.77. The molecule has 15 heteroatoms. The SMILES string of the molecule is CN(C)[C@@H]1CCN(Cc2ccc(NC(=O)Cc3cccc(C#Cc4cnc(N)nc4-c4cc5c(n4C)CCN(C(=O)OC(C)(C)C)C5=O)c3)cc2C(F)(F)F)C1. The molecule has 4 aromatic rings. The first kappa shape index (κ1) is 40.0. The number of amides is 3. The van der Waals surface area contributed by atoms with Crippen molar-refractivity contribution in [3.8, 4) is 23.2 Å². The summed E-state index contributed by atoms with van der Waals surface area (Å²) in [5.41, 5.74) is 8.26. The number of anilines is 2. The third kappa shape index (κ3) is 9.21. The number of rotatable bonds is 7. The number of hydrogen-bond donors (Lipinski definition) is 2. The molecule has 0 spiro atoms. The van der Waals surface area contributed by atoms with E-state index in [1.54, 1.807) is 58.2 Å². The van der Waals surface area contributed by atoms with Crippen LogP contribution in [0.5, 0.6) is 0 Å². The maximum absolute atomic E-state index is 14.1. The van der Waals surface area contributed by atoms with Crippen molar-refractivity contribution in [2.24, 2.45) is 7.05 Å². The average Bonchev–Trinajstić information content (AvgIpc) is 3.72. The summed E-state index contributed by atoms with van der Waals surface area (Å²) < 4.78 is 49.7. The second-order valence-electron chi connectivity index (χ2n) is 15.3.